The van der Waals surface area contributed by atoms with Crippen molar-refractivity contribution >= 4 is 11.9 Å². The quantitative estimate of drug-likeness (QED) is 0.369. The van der Waals surface area contributed by atoms with Crippen LogP contribution in [-0.4, -0.2) is 18.5 Å². The zero-order chi connectivity index (χ0) is 9.40. The van der Waals surface area contributed by atoms with Crippen LogP contribution >= 0.6 is 0 Å². The molecule has 0 aliphatic heterocycles. The molecular formula is C8H13NO3. The molecule has 2 N–H and O–H groups in total. The van der Waals surface area contributed by atoms with Crippen molar-refractivity contribution in [2.75, 3.05) is 6.61 Å². The minimum Gasteiger partial charge on any atom is -0.463 e. The minimum atomic E-state index is -0.651. The van der Waals surface area contributed by atoms with Gasteiger partial charge in [0.2, 0.25) is 5.91 Å². The summed E-state index contributed by atoms with van der Waals surface area (Å²) in [6.45, 7) is 2.38. The number of rotatable bonds is 5. The molecule has 4 heteroatoms. The van der Waals surface area contributed by atoms with Gasteiger partial charge < -0.3 is 10.5 Å². The van der Waals surface area contributed by atoms with Gasteiger partial charge in [-0.3, -0.25) is 4.79 Å². The molecule has 0 aromatic carbocycles. The number of hydrogen-bond donors (Lipinski definition) is 1. The average molecular weight is 171 g/mol. The lowest BCUT2D eigenvalue weighted by molar-refractivity contribution is -0.138. The number of esters is 1. The SMILES string of the molecule is CCCCOC(=O)/C=C/C(N)=O. The molecule has 0 aliphatic carbocycles. The van der Waals surface area contributed by atoms with Gasteiger partial charge in [-0.2, -0.15) is 0 Å². The number of carbonyl (C=O) groups excluding carboxylic acids is 2. The number of amides is 1. The summed E-state index contributed by atoms with van der Waals surface area (Å²) in [6.07, 6.45) is 3.80. The van der Waals surface area contributed by atoms with E-state index >= 15 is 0 Å². The molecule has 0 heterocycles. The van der Waals surface area contributed by atoms with Crippen LogP contribution in [0.1, 0.15) is 19.8 Å². The molecular weight excluding hydrogens is 158 g/mol. The molecule has 0 spiro atoms. The van der Waals surface area contributed by atoms with Crippen molar-refractivity contribution < 1.29 is 14.3 Å². The van der Waals surface area contributed by atoms with Crippen LogP contribution in [0.4, 0.5) is 0 Å². The number of nitrogens with two attached hydrogens (primary N) is 1. The van der Waals surface area contributed by atoms with Crippen molar-refractivity contribution in [1.82, 2.24) is 0 Å². The lowest BCUT2D eigenvalue weighted by atomic mass is 10.4. The van der Waals surface area contributed by atoms with Gasteiger partial charge in [0.15, 0.2) is 0 Å². The van der Waals surface area contributed by atoms with Crippen LogP contribution in [0.15, 0.2) is 12.2 Å². The fraction of sp³-hybridized carbons (Fsp3) is 0.500. The maximum absolute atomic E-state index is 10.7. The molecule has 0 saturated heterocycles. The lowest BCUT2D eigenvalue weighted by Crippen LogP contribution is -2.08. The summed E-state index contributed by atoms with van der Waals surface area (Å²) >= 11 is 0. The molecule has 12 heavy (non-hydrogen) atoms. The molecule has 0 bridgehead atoms. The minimum absolute atomic E-state index is 0.387. The van der Waals surface area contributed by atoms with E-state index in [1.807, 2.05) is 6.92 Å². The number of unbranched alkanes of at least 4 members (excludes halogenated alkanes) is 1. The van der Waals surface area contributed by atoms with E-state index < -0.39 is 11.9 Å². The summed E-state index contributed by atoms with van der Waals surface area (Å²) in [5.74, 6) is -1.18. The van der Waals surface area contributed by atoms with Crippen molar-refractivity contribution in [3.05, 3.63) is 12.2 Å². The van der Waals surface area contributed by atoms with Crippen LogP contribution in [0.2, 0.25) is 0 Å². The maximum Gasteiger partial charge on any atom is 0.330 e. The van der Waals surface area contributed by atoms with Crippen molar-refractivity contribution in [2.45, 2.75) is 19.8 Å². The van der Waals surface area contributed by atoms with Crippen molar-refractivity contribution in [2.24, 2.45) is 5.73 Å². The summed E-state index contributed by atoms with van der Waals surface area (Å²) in [7, 11) is 0. The van der Waals surface area contributed by atoms with E-state index in [4.69, 9.17) is 10.5 Å². The summed E-state index contributed by atoms with van der Waals surface area (Å²) in [5, 5.41) is 0. The highest BCUT2D eigenvalue weighted by Gasteiger charge is 1.95. The van der Waals surface area contributed by atoms with Crippen molar-refractivity contribution in [3.63, 3.8) is 0 Å². The second kappa shape index (κ2) is 6.39. The Morgan fingerprint density at radius 3 is 2.58 bits per heavy atom. The topological polar surface area (TPSA) is 69.4 Å². The molecule has 0 unspecified atom stereocenters. The first-order valence-corrected chi connectivity index (χ1v) is 3.81. The number of hydrogen-bond acceptors (Lipinski definition) is 3. The molecule has 0 aromatic rings. The van der Waals surface area contributed by atoms with Gasteiger partial charge in [0, 0.05) is 12.2 Å². The highest BCUT2D eigenvalue weighted by molar-refractivity contribution is 5.93. The number of ether oxygens (including phenoxy) is 1. The van der Waals surface area contributed by atoms with Crippen LogP contribution in [0, 0.1) is 0 Å². The molecule has 1 amide bonds. The van der Waals surface area contributed by atoms with Crippen LogP contribution in [0.25, 0.3) is 0 Å². The molecule has 0 aliphatic rings. The van der Waals surface area contributed by atoms with E-state index in [9.17, 15) is 9.59 Å². The Kier molecular flexibility index (Phi) is 5.69. The van der Waals surface area contributed by atoms with E-state index in [-0.39, 0.29) is 0 Å². The second-order valence-corrected chi connectivity index (χ2v) is 2.26. The molecule has 68 valence electrons. The number of carbonyl (C=O) groups is 2. The predicted octanol–water partition coefficient (Wildman–Crippen LogP) is 0.371. The fourth-order valence-electron chi connectivity index (χ4n) is 0.515. The summed E-state index contributed by atoms with van der Waals surface area (Å²) in [5.41, 5.74) is 4.76. The third-order valence-corrected chi connectivity index (χ3v) is 1.13. The van der Waals surface area contributed by atoms with E-state index in [0.717, 1.165) is 25.0 Å². The Morgan fingerprint density at radius 2 is 2.08 bits per heavy atom. The van der Waals surface area contributed by atoms with Crippen LogP contribution in [0.3, 0.4) is 0 Å². The molecule has 0 atom stereocenters. The first-order valence-electron chi connectivity index (χ1n) is 3.81. The Balaban J connectivity index is 3.53. The Hall–Kier alpha value is -1.32. The standard InChI is InChI=1S/C8H13NO3/c1-2-3-6-12-8(11)5-4-7(9)10/h4-5H,2-3,6H2,1H3,(H2,9,10)/b5-4+. The Morgan fingerprint density at radius 1 is 1.42 bits per heavy atom. The highest BCUT2D eigenvalue weighted by atomic mass is 16.5. The number of primary amides is 1. The average Bonchev–Trinajstić information content (AvgIpc) is 2.01. The molecule has 0 fully saturated rings. The summed E-state index contributed by atoms with van der Waals surface area (Å²) in [6, 6.07) is 0. The highest BCUT2D eigenvalue weighted by Crippen LogP contribution is 1.89. The molecule has 0 saturated carbocycles. The third kappa shape index (κ3) is 6.80. The van der Waals surface area contributed by atoms with Crippen LogP contribution < -0.4 is 5.73 Å². The van der Waals surface area contributed by atoms with Crippen LogP contribution in [0.5, 0.6) is 0 Å². The first-order chi connectivity index (χ1) is 5.66. The second-order valence-electron chi connectivity index (χ2n) is 2.26. The van der Waals surface area contributed by atoms with E-state index in [1.54, 1.807) is 0 Å². The molecule has 4 nitrogen and oxygen atoms in total. The zero-order valence-corrected chi connectivity index (χ0v) is 7.08. The predicted molar refractivity (Wildman–Crippen MR) is 44.2 cm³/mol. The van der Waals surface area contributed by atoms with Crippen LogP contribution in [-0.2, 0) is 14.3 Å². The van der Waals surface area contributed by atoms with E-state index in [0.29, 0.717) is 6.61 Å². The Labute approximate surface area is 71.4 Å². The molecule has 0 aromatic heterocycles. The largest absolute Gasteiger partial charge is 0.463 e. The van der Waals surface area contributed by atoms with Gasteiger partial charge >= 0.3 is 5.97 Å². The Bertz CT molecular complexity index is 187. The van der Waals surface area contributed by atoms with Gasteiger partial charge in [-0.25, -0.2) is 4.79 Å². The lowest BCUT2D eigenvalue weighted by Gasteiger charge is -1.97. The normalized spacial score (nSPS) is 10.1. The third-order valence-electron chi connectivity index (χ3n) is 1.13. The summed E-state index contributed by atoms with van der Waals surface area (Å²) in [4.78, 5) is 20.9. The monoisotopic (exact) mass is 171 g/mol. The van der Waals surface area contributed by atoms with E-state index in [1.165, 1.54) is 0 Å². The molecule has 0 radical (unpaired) electrons. The smallest absolute Gasteiger partial charge is 0.330 e. The van der Waals surface area contributed by atoms with Gasteiger partial charge in [0.05, 0.1) is 6.61 Å². The van der Waals surface area contributed by atoms with E-state index in [2.05, 4.69) is 0 Å². The zero-order valence-electron chi connectivity index (χ0n) is 7.08. The fourth-order valence-corrected chi connectivity index (χ4v) is 0.515. The van der Waals surface area contributed by atoms with Gasteiger partial charge in [0.1, 0.15) is 0 Å². The van der Waals surface area contributed by atoms with Gasteiger partial charge in [0.25, 0.3) is 0 Å². The van der Waals surface area contributed by atoms with Crippen molar-refractivity contribution in [3.8, 4) is 0 Å². The van der Waals surface area contributed by atoms with Gasteiger partial charge in [-0.05, 0) is 6.42 Å². The molecule has 0 rings (SSSR count). The summed E-state index contributed by atoms with van der Waals surface area (Å²) < 4.78 is 4.70. The maximum atomic E-state index is 10.7. The first kappa shape index (κ1) is 10.7. The van der Waals surface area contributed by atoms with Crippen molar-refractivity contribution in [1.29, 1.82) is 0 Å². The van der Waals surface area contributed by atoms with Gasteiger partial charge in [-0.1, -0.05) is 13.3 Å². The van der Waals surface area contributed by atoms with Gasteiger partial charge in [-0.15, -0.1) is 0 Å².